The van der Waals surface area contributed by atoms with Crippen molar-refractivity contribution < 1.29 is 9.53 Å². The fourth-order valence-electron chi connectivity index (χ4n) is 3.85. The van der Waals surface area contributed by atoms with Crippen LogP contribution >= 0.6 is 11.6 Å². The highest BCUT2D eigenvalue weighted by atomic mass is 35.5. The van der Waals surface area contributed by atoms with Gasteiger partial charge in [-0.2, -0.15) is 0 Å². The van der Waals surface area contributed by atoms with Gasteiger partial charge in [0.1, 0.15) is 5.75 Å². The summed E-state index contributed by atoms with van der Waals surface area (Å²) in [6.45, 7) is 4.16. The average Bonchev–Trinajstić information content (AvgIpc) is 3.02. The van der Waals surface area contributed by atoms with Crippen molar-refractivity contribution >= 4 is 28.4 Å². The standard InChI is InChI=1S/C24H25ClN2O2/c1-2-29-23-16-22(17-8-7-9-19(25)14-17)26-21-11-10-18(15-20(21)23)24(28)27-12-5-3-4-6-13-27/h7-11,14-16H,2-6,12-13H2,1H3. The van der Waals surface area contributed by atoms with Crippen LogP contribution in [-0.2, 0) is 0 Å². The van der Waals surface area contributed by atoms with Crippen molar-refractivity contribution in [2.24, 2.45) is 0 Å². The molecule has 1 saturated heterocycles. The molecule has 150 valence electrons. The summed E-state index contributed by atoms with van der Waals surface area (Å²) in [5.74, 6) is 0.827. The molecule has 0 atom stereocenters. The Morgan fingerprint density at radius 3 is 2.59 bits per heavy atom. The minimum Gasteiger partial charge on any atom is -0.493 e. The van der Waals surface area contributed by atoms with Gasteiger partial charge in [-0.3, -0.25) is 4.79 Å². The van der Waals surface area contributed by atoms with Gasteiger partial charge in [0.2, 0.25) is 0 Å². The van der Waals surface area contributed by atoms with Crippen molar-refractivity contribution in [1.82, 2.24) is 9.88 Å². The number of benzene rings is 2. The molecular formula is C24H25ClN2O2. The fraction of sp³-hybridized carbons (Fsp3) is 0.333. The molecule has 1 aliphatic heterocycles. The number of rotatable bonds is 4. The molecule has 0 spiro atoms. The van der Waals surface area contributed by atoms with Crippen molar-refractivity contribution in [3.8, 4) is 17.0 Å². The number of amides is 1. The van der Waals surface area contributed by atoms with Crippen molar-refractivity contribution in [2.45, 2.75) is 32.6 Å². The van der Waals surface area contributed by atoms with E-state index in [1.807, 2.05) is 60.4 Å². The van der Waals surface area contributed by atoms with Crippen molar-refractivity contribution in [2.75, 3.05) is 19.7 Å². The number of fused-ring (bicyclic) bond motifs is 1. The molecule has 1 aromatic heterocycles. The van der Waals surface area contributed by atoms with Gasteiger partial charge in [0, 0.05) is 40.7 Å². The highest BCUT2D eigenvalue weighted by Crippen LogP contribution is 2.32. The summed E-state index contributed by atoms with van der Waals surface area (Å²) < 4.78 is 5.91. The smallest absolute Gasteiger partial charge is 0.253 e. The van der Waals surface area contributed by atoms with E-state index >= 15 is 0 Å². The zero-order chi connectivity index (χ0) is 20.2. The number of pyridine rings is 1. The van der Waals surface area contributed by atoms with Crippen LogP contribution in [0.1, 0.15) is 43.0 Å². The van der Waals surface area contributed by atoms with Gasteiger partial charge in [-0.15, -0.1) is 0 Å². The molecule has 2 heterocycles. The van der Waals surface area contributed by atoms with Gasteiger partial charge in [0.05, 0.1) is 17.8 Å². The van der Waals surface area contributed by atoms with Crippen molar-refractivity contribution in [3.05, 3.63) is 59.1 Å². The van der Waals surface area contributed by atoms with Gasteiger partial charge in [0.15, 0.2) is 0 Å². The molecular weight excluding hydrogens is 384 g/mol. The molecule has 1 aliphatic rings. The summed E-state index contributed by atoms with van der Waals surface area (Å²) in [7, 11) is 0. The summed E-state index contributed by atoms with van der Waals surface area (Å²) in [5.41, 5.74) is 3.23. The summed E-state index contributed by atoms with van der Waals surface area (Å²) >= 11 is 6.15. The van der Waals surface area contributed by atoms with Crippen LogP contribution in [0.25, 0.3) is 22.2 Å². The van der Waals surface area contributed by atoms with E-state index in [-0.39, 0.29) is 5.91 Å². The molecule has 29 heavy (non-hydrogen) atoms. The number of likely N-dealkylation sites (tertiary alicyclic amines) is 1. The number of nitrogens with zero attached hydrogens (tertiary/aromatic N) is 2. The van der Waals surface area contributed by atoms with Gasteiger partial charge < -0.3 is 9.64 Å². The molecule has 4 rings (SSSR count). The van der Waals surface area contributed by atoms with E-state index in [1.165, 1.54) is 12.8 Å². The Balaban J connectivity index is 1.74. The van der Waals surface area contributed by atoms with Crippen LogP contribution in [0.4, 0.5) is 0 Å². The highest BCUT2D eigenvalue weighted by molar-refractivity contribution is 6.30. The molecule has 0 aliphatic carbocycles. The van der Waals surface area contributed by atoms with Crippen LogP contribution in [0.3, 0.4) is 0 Å². The maximum absolute atomic E-state index is 13.0. The maximum atomic E-state index is 13.0. The minimum absolute atomic E-state index is 0.0927. The summed E-state index contributed by atoms with van der Waals surface area (Å²) in [6, 6.07) is 15.3. The van der Waals surface area contributed by atoms with Crippen LogP contribution in [0.15, 0.2) is 48.5 Å². The average molecular weight is 409 g/mol. The SMILES string of the molecule is CCOc1cc(-c2cccc(Cl)c2)nc2ccc(C(=O)N3CCCCCC3)cc12. The number of carbonyl (C=O) groups excluding carboxylic acids is 1. The first-order valence-corrected chi connectivity index (χ1v) is 10.7. The van der Waals surface area contributed by atoms with Gasteiger partial charge in [-0.1, -0.05) is 36.6 Å². The van der Waals surface area contributed by atoms with E-state index in [1.54, 1.807) is 0 Å². The van der Waals surface area contributed by atoms with E-state index in [4.69, 9.17) is 21.3 Å². The number of hydrogen-bond acceptors (Lipinski definition) is 3. The van der Waals surface area contributed by atoms with Crippen LogP contribution in [0.5, 0.6) is 5.75 Å². The first kappa shape index (κ1) is 19.7. The largest absolute Gasteiger partial charge is 0.493 e. The van der Waals surface area contributed by atoms with E-state index in [9.17, 15) is 4.79 Å². The zero-order valence-corrected chi connectivity index (χ0v) is 17.4. The lowest BCUT2D eigenvalue weighted by Crippen LogP contribution is -2.31. The van der Waals surface area contributed by atoms with Crippen LogP contribution in [0.2, 0.25) is 5.02 Å². The van der Waals surface area contributed by atoms with E-state index in [0.717, 1.165) is 53.8 Å². The predicted molar refractivity (Wildman–Crippen MR) is 118 cm³/mol. The first-order chi connectivity index (χ1) is 14.2. The lowest BCUT2D eigenvalue weighted by atomic mass is 10.1. The molecule has 0 unspecified atom stereocenters. The minimum atomic E-state index is 0.0927. The Morgan fingerprint density at radius 1 is 1.07 bits per heavy atom. The molecule has 0 radical (unpaired) electrons. The lowest BCUT2D eigenvalue weighted by molar-refractivity contribution is 0.0762. The molecule has 0 N–H and O–H groups in total. The Bertz CT molecular complexity index is 1030. The third-order valence-corrected chi connectivity index (χ3v) is 5.57. The number of hydrogen-bond donors (Lipinski definition) is 0. The topological polar surface area (TPSA) is 42.4 Å². The molecule has 0 bridgehead atoms. The molecule has 1 fully saturated rings. The molecule has 5 heteroatoms. The Morgan fingerprint density at radius 2 is 1.86 bits per heavy atom. The van der Waals surface area contributed by atoms with Gasteiger partial charge in [-0.05, 0) is 50.1 Å². The van der Waals surface area contributed by atoms with E-state index < -0.39 is 0 Å². The molecule has 3 aromatic rings. The van der Waals surface area contributed by atoms with E-state index in [2.05, 4.69) is 0 Å². The Kier molecular flexibility index (Phi) is 6.00. The maximum Gasteiger partial charge on any atom is 0.253 e. The fourth-order valence-corrected chi connectivity index (χ4v) is 4.05. The number of ether oxygens (including phenoxy) is 1. The van der Waals surface area contributed by atoms with E-state index in [0.29, 0.717) is 17.2 Å². The predicted octanol–water partition coefficient (Wildman–Crippen LogP) is 5.97. The number of carbonyl (C=O) groups is 1. The monoisotopic (exact) mass is 408 g/mol. The second-order valence-electron chi connectivity index (χ2n) is 7.39. The molecule has 1 amide bonds. The zero-order valence-electron chi connectivity index (χ0n) is 16.7. The van der Waals surface area contributed by atoms with Crippen molar-refractivity contribution in [3.63, 3.8) is 0 Å². The van der Waals surface area contributed by atoms with Crippen molar-refractivity contribution in [1.29, 1.82) is 0 Å². The van der Waals surface area contributed by atoms with Crippen LogP contribution < -0.4 is 4.74 Å². The number of halogens is 1. The number of aromatic nitrogens is 1. The molecule has 0 saturated carbocycles. The molecule has 2 aromatic carbocycles. The van der Waals surface area contributed by atoms with Gasteiger partial charge in [-0.25, -0.2) is 4.98 Å². The normalized spacial score (nSPS) is 14.6. The first-order valence-electron chi connectivity index (χ1n) is 10.3. The summed E-state index contributed by atoms with van der Waals surface area (Å²) in [6.07, 6.45) is 4.56. The lowest BCUT2D eigenvalue weighted by Gasteiger charge is -2.20. The third kappa shape index (κ3) is 4.38. The third-order valence-electron chi connectivity index (χ3n) is 5.33. The Labute approximate surface area is 176 Å². The highest BCUT2D eigenvalue weighted by Gasteiger charge is 2.19. The summed E-state index contributed by atoms with van der Waals surface area (Å²) in [4.78, 5) is 19.8. The second-order valence-corrected chi connectivity index (χ2v) is 7.82. The van der Waals surface area contributed by atoms with Gasteiger partial charge in [0.25, 0.3) is 5.91 Å². The van der Waals surface area contributed by atoms with Crippen LogP contribution in [-0.4, -0.2) is 35.5 Å². The summed E-state index contributed by atoms with van der Waals surface area (Å²) in [5, 5.41) is 1.53. The molecule has 4 nitrogen and oxygen atoms in total. The van der Waals surface area contributed by atoms with Crippen LogP contribution in [0, 0.1) is 0 Å². The van der Waals surface area contributed by atoms with Gasteiger partial charge >= 0.3 is 0 Å². The quantitative estimate of drug-likeness (QED) is 0.534. The Hall–Kier alpha value is -2.59. The second kappa shape index (κ2) is 8.83.